The van der Waals surface area contributed by atoms with Gasteiger partial charge < -0.3 is 0 Å². The van der Waals surface area contributed by atoms with E-state index in [4.69, 9.17) is 11.6 Å². The highest BCUT2D eigenvalue weighted by molar-refractivity contribution is 14.1. The second-order valence-corrected chi connectivity index (χ2v) is 5.77. The molecule has 0 aliphatic rings. The molecule has 4 nitrogen and oxygen atoms in total. The number of benzene rings is 1. The maximum atomic E-state index is 13.8. The molecule has 0 spiro atoms. The summed E-state index contributed by atoms with van der Waals surface area (Å²) in [5.41, 5.74) is -0.625. The average Bonchev–Trinajstić information content (AvgIpc) is 2.41. The molecule has 0 atom stereocenters. The van der Waals surface area contributed by atoms with Gasteiger partial charge in [-0.05, 0) is 41.6 Å². The maximum absolute atomic E-state index is 13.8. The smallest absolute Gasteiger partial charge is 0.300 e. The first-order valence-corrected chi connectivity index (χ1v) is 7.33. The standard InChI is InChI=1S/C13H11ClFIN2O2/c1-2-17-7-11(16)12(19)18(13(17)20)6-8-3-4-9(14)5-10(8)15/h3-5,7H,2,6H2,1H3. The van der Waals surface area contributed by atoms with E-state index >= 15 is 0 Å². The Morgan fingerprint density at radius 1 is 1.35 bits per heavy atom. The van der Waals surface area contributed by atoms with E-state index in [1.807, 2.05) is 22.6 Å². The van der Waals surface area contributed by atoms with Crippen molar-refractivity contribution in [1.29, 1.82) is 0 Å². The van der Waals surface area contributed by atoms with E-state index in [0.29, 0.717) is 10.1 Å². The van der Waals surface area contributed by atoms with Crippen molar-refractivity contribution >= 4 is 34.2 Å². The third kappa shape index (κ3) is 2.95. The number of aryl methyl sites for hydroxylation is 1. The molecule has 1 aromatic heterocycles. The highest BCUT2D eigenvalue weighted by atomic mass is 127. The molecule has 2 rings (SSSR count). The van der Waals surface area contributed by atoms with E-state index < -0.39 is 17.1 Å². The van der Waals surface area contributed by atoms with Gasteiger partial charge in [0, 0.05) is 23.3 Å². The molecule has 0 amide bonds. The fourth-order valence-corrected chi connectivity index (χ4v) is 2.59. The third-order valence-electron chi connectivity index (χ3n) is 2.88. The van der Waals surface area contributed by atoms with Crippen molar-refractivity contribution in [2.45, 2.75) is 20.0 Å². The summed E-state index contributed by atoms with van der Waals surface area (Å²) in [6, 6.07) is 4.16. The fourth-order valence-electron chi connectivity index (χ4n) is 1.80. The lowest BCUT2D eigenvalue weighted by atomic mass is 10.2. The molecular weight excluding hydrogens is 398 g/mol. The highest BCUT2D eigenvalue weighted by Gasteiger charge is 2.11. The first-order chi connectivity index (χ1) is 9.43. The van der Waals surface area contributed by atoms with Gasteiger partial charge in [-0.25, -0.2) is 9.18 Å². The van der Waals surface area contributed by atoms with Crippen molar-refractivity contribution < 1.29 is 4.39 Å². The van der Waals surface area contributed by atoms with E-state index in [1.54, 1.807) is 6.92 Å². The van der Waals surface area contributed by atoms with Crippen molar-refractivity contribution in [3.05, 3.63) is 65.2 Å². The minimum Gasteiger partial charge on any atom is -0.300 e. The zero-order valence-corrected chi connectivity index (χ0v) is 13.5. The SMILES string of the molecule is CCn1cc(I)c(=O)n(Cc2ccc(Cl)cc2F)c1=O. The first kappa shape index (κ1) is 15.2. The molecule has 1 aromatic carbocycles. The summed E-state index contributed by atoms with van der Waals surface area (Å²) in [4.78, 5) is 24.2. The number of hydrogen-bond acceptors (Lipinski definition) is 2. The van der Waals surface area contributed by atoms with Gasteiger partial charge in [0.15, 0.2) is 0 Å². The van der Waals surface area contributed by atoms with Crippen LogP contribution in [0.25, 0.3) is 0 Å². The van der Waals surface area contributed by atoms with E-state index in [0.717, 1.165) is 10.6 Å². The van der Waals surface area contributed by atoms with Crippen LogP contribution in [0.3, 0.4) is 0 Å². The zero-order valence-electron chi connectivity index (χ0n) is 10.6. The predicted molar refractivity (Wildman–Crippen MR) is 83.9 cm³/mol. The Kier molecular flexibility index (Phi) is 4.64. The largest absolute Gasteiger partial charge is 0.331 e. The van der Waals surface area contributed by atoms with Crippen LogP contribution in [0.5, 0.6) is 0 Å². The van der Waals surface area contributed by atoms with Gasteiger partial charge in [-0.3, -0.25) is 13.9 Å². The molecule has 0 fully saturated rings. The first-order valence-electron chi connectivity index (χ1n) is 5.87. The molecule has 0 N–H and O–H groups in total. The molecule has 0 unspecified atom stereocenters. The number of halogens is 3. The van der Waals surface area contributed by atoms with Gasteiger partial charge in [-0.2, -0.15) is 0 Å². The molecule has 20 heavy (non-hydrogen) atoms. The minimum absolute atomic E-state index is 0.114. The van der Waals surface area contributed by atoms with Gasteiger partial charge >= 0.3 is 5.69 Å². The number of nitrogens with zero attached hydrogens (tertiary/aromatic N) is 2. The second kappa shape index (κ2) is 6.09. The molecule has 0 saturated carbocycles. The number of aromatic nitrogens is 2. The van der Waals surface area contributed by atoms with E-state index in [9.17, 15) is 14.0 Å². The van der Waals surface area contributed by atoms with Gasteiger partial charge in [-0.1, -0.05) is 17.7 Å². The fraction of sp³-hybridized carbons (Fsp3) is 0.231. The molecule has 7 heteroatoms. The Labute approximate surface area is 132 Å². The third-order valence-corrected chi connectivity index (χ3v) is 3.85. The molecule has 106 valence electrons. The predicted octanol–water partition coefficient (Wildman–Crippen LogP) is 2.48. The molecule has 0 bridgehead atoms. The Balaban J connectivity index is 2.56. The summed E-state index contributed by atoms with van der Waals surface area (Å²) >= 11 is 7.54. The Morgan fingerprint density at radius 2 is 2.05 bits per heavy atom. The van der Waals surface area contributed by atoms with Crippen molar-refractivity contribution in [3.63, 3.8) is 0 Å². The van der Waals surface area contributed by atoms with Crippen LogP contribution in [-0.2, 0) is 13.1 Å². The monoisotopic (exact) mass is 408 g/mol. The van der Waals surface area contributed by atoms with Gasteiger partial charge in [0.05, 0.1) is 10.1 Å². The topological polar surface area (TPSA) is 44.0 Å². The number of hydrogen-bond donors (Lipinski definition) is 0. The Hall–Kier alpha value is -1.15. The number of rotatable bonds is 3. The summed E-state index contributed by atoms with van der Waals surface area (Å²) in [6.45, 7) is 2.13. The van der Waals surface area contributed by atoms with Crippen molar-refractivity contribution in [1.82, 2.24) is 9.13 Å². The van der Waals surface area contributed by atoms with E-state index in [2.05, 4.69) is 0 Å². The molecule has 0 aliphatic heterocycles. The quantitative estimate of drug-likeness (QED) is 0.733. The molecule has 0 radical (unpaired) electrons. The van der Waals surface area contributed by atoms with E-state index in [-0.39, 0.29) is 17.1 Å². The van der Waals surface area contributed by atoms with Crippen LogP contribution in [0.15, 0.2) is 34.0 Å². The minimum atomic E-state index is -0.536. The lowest BCUT2D eigenvalue weighted by molar-refractivity contribution is 0.563. The van der Waals surface area contributed by atoms with Crippen LogP contribution in [0.2, 0.25) is 5.02 Å². The van der Waals surface area contributed by atoms with Crippen LogP contribution in [0.4, 0.5) is 4.39 Å². The van der Waals surface area contributed by atoms with Crippen LogP contribution in [0.1, 0.15) is 12.5 Å². The summed E-state index contributed by atoms with van der Waals surface area (Å²) in [5.74, 6) is -0.536. The normalized spacial score (nSPS) is 10.8. The summed E-state index contributed by atoms with van der Waals surface area (Å²) < 4.78 is 16.6. The molecule has 0 aliphatic carbocycles. The van der Waals surface area contributed by atoms with Gasteiger partial charge in [0.25, 0.3) is 5.56 Å². The summed E-state index contributed by atoms with van der Waals surface area (Å²) in [7, 11) is 0. The lowest BCUT2D eigenvalue weighted by Gasteiger charge is -2.10. The molecule has 0 saturated heterocycles. The van der Waals surface area contributed by atoms with Gasteiger partial charge in [-0.15, -0.1) is 0 Å². The maximum Gasteiger partial charge on any atom is 0.331 e. The van der Waals surface area contributed by atoms with Crippen LogP contribution in [-0.4, -0.2) is 9.13 Å². The van der Waals surface area contributed by atoms with Crippen molar-refractivity contribution in [2.24, 2.45) is 0 Å². The van der Waals surface area contributed by atoms with E-state index in [1.165, 1.54) is 22.9 Å². The highest BCUT2D eigenvalue weighted by Crippen LogP contribution is 2.14. The summed E-state index contributed by atoms with van der Waals surface area (Å²) in [6.07, 6.45) is 1.50. The van der Waals surface area contributed by atoms with Crippen molar-refractivity contribution in [3.8, 4) is 0 Å². The van der Waals surface area contributed by atoms with Crippen LogP contribution >= 0.6 is 34.2 Å². The van der Waals surface area contributed by atoms with Crippen LogP contribution in [0, 0.1) is 9.39 Å². The molecular formula is C13H11ClFIN2O2. The van der Waals surface area contributed by atoms with Gasteiger partial charge in [0.2, 0.25) is 0 Å². The lowest BCUT2D eigenvalue weighted by Crippen LogP contribution is -2.41. The molecule has 2 aromatic rings. The van der Waals surface area contributed by atoms with Crippen LogP contribution < -0.4 is 11.2 Å². The van der Waals surface area contributed by atoms with Crippen molar-refractivity contribution in [2.75, 3.05) is 0 Å². The summed E-state index contributed by atoms with van der Waals surface area (Å²) in [5, 5.41) is 0.271. The molecule has 1 heterocycles. The second-order valence-electron chi connectivity index (χ2n) is 4.17. The Bertz CT molecular complexity index is 770. The zero-order chi connectivity index (χ0) is 14.9. The van der Waals surface area contributed by atoms with Gasteiger partial charge in [0.1, 0.15) is 5.82 Å². The average molecular weight is 409 g/mol. The Morgan fingerprint density at radius 3 is 2.65 bits per heavy atom.